The maximum absolute atomic E-state index is 11.6. The molecule has 0 fully saturated rings. The van der Waals surface area contributed by atoms with Crippen LogP contribution in [0.5, 0.6) is 0 Å². The Morgan fingerprint density at radius 1 is 1.53 bits per heavy atom. The van der Waals surface area contributed by atoms with E-state index < -0.39 is 11.9 Å². The van der Waals surface area contributed by atoms with Crippen molar-refractivity contribution in [1.29, 1.82) is 0 Å². The third kappa shape index (κ3) is 3.58. The summed E-state index contributed by atoms with van der Waals surface area (Å²) in [5.41, 5.74) is 0. The van der Waals surface area contributed by atoms with Crippen molar-refractivity contribution in [1.82, 2.24) is 0 Å². The minimum atomic E-state index is -0.658. The summed E-state index contributed by atoms with van der Waals surface area (Å²) in [5, 5.41) is 9.71. The van der Waals surface area contributed by atoms with Gasteiger partial charge in [0, 0.05) is 12.5 Å². The summed E-state index contributed by atoms with van der Waals surface area (Å²) in [7, 11) is 1.30. The summed E-state index contributed by atoms with van der Waals surface area (Å²) in [5.74, 6) is -1.48. The van der Waals surface area contributed by atoms with E-state index in [2.05, 4.69) is 11.7 Å². The molecule has 0 aromatic carbocycles. The van der Waals surface area contributed by atoms with Crippen LogP contribution in [0.15, 0.2) is 11.8 Å². The summed E-state index contributed by atoms with van der Waals surface area (Å²) < 4.78 is 4.68. The number of hydrogen-bond acceptors (Lipinski definition) is 4. The Kier molecular flexibility index (Phi) is 5.19. The van der Waals surface area contributed by atoms with E-state index in [0.717, 1.165) is 31.8 Å². The van der Waals surface area contributed by atoms with Crippen LogP contribution in [0.25, 0.3) is 0 Å². The highest BCUT2D eigenvalue weighted by Gasteiger charge is 2.37. The molecule has 0 unspecified atom stereocenters. The lowest BCUT2D eigenvalue weighted by Crippen LogP contribution is -2.32. The predicted molar refractivity (Wildman–Crippen MR) is 63.5 cm³/mol. The van der Waals surface area contributed by atoms with Crippen molar-refractivity contribution in [3.05, 3.63) is 11.8 Å². The van der Waals surface area contributed by atoms with Crippen molar-refractivity contribution in [3.63, 3.8) is 0 Å². The van der Waals surface area contributed by atoms with Crippen molar-refractivity contribution >= 4 is 11.8 Å². The number of ether oxygens (including phenoxy) is 1. The van der Waals surface area contributed by atoms with E-state index in [-0.39, 0.29) is 17.5 Å². The summed E-state index contributed by atoms with van der Waals surface area (Å²) in [6.45, 7) is 2.10. The van der Waals surface area contributed by atoms with Gasteiger partial charge >= 0.3 is 5.97 Å². The van der Waals surface area contributed by atoms with Crippen LogP contribution in [-0.4, -0.2) is 24.0 Å². The molecule has 0 spiro atoms. The first kappa shape index (κ1) is 13.7. The molecule has 0 amide bonds. The third-order valence-corrected chi connectivity index (χ3v) is 3.20. The number of allylic oxidation sites excluding steroid dienone is 1. The number of aliphatic hydroxyl groups is 1. The van der Waals surface area contributed by atoms with Gasteiger partial charge in [-0.25, -0.2) is 0 Å². The first-order valence-corrected chi connectivity index (χ1v) is 6.11. The molecule has 0 aromatic heterocycles. The molecule has 96 valence electrons. The van der Waals surface area contributed by atoms with Gasteiger partial charge in [0.15, 0.2) is 5.78 Å². The van der Waals surface area contributed by atoms with E-state index in [1.807, 2.05) is 0 Å². The second kappa shape index (κ2) is 6.42. The number of carbonyl (C=O) groups excluding carboxylic acids is 2. The molecule has 1 aliphatic carbocycles. The van der Waals surface area contributed by atoms with Gasteiger partial charge in [-0.15, -0.1) is 0 Å². The Labute approximate surface area is 102 Å². The van der Waals surface area contributed by atoms with E-state index in [1.165, 1.54) is 7.11 Å². The van der Waals surface area contributed by atoms with Gasteiger partial charge in [-0.2, -0.15) is 0 Å². The topological polar surface area (TPSA) is 63.6 Å². The third-order valence-electron chi connectivity index (χ3n) is 3.20. The summed E-state index contributed by atoms with van der Waals surface area (Å²) in [4.78, 5) is 23.0. The average molecular weight is 240 g/mol. The summed E-state index contributed by atoms with van der Waals surface area (Å²) in [6, 6.07) is 0. The lowest BCUT2D eigenvalue weighted by atomic mass is 9.79. The molecule has 4 heteroatoms. The number of hydrogen-bond donors (Lipinski definition) is 1. The monoisotopic (exact) mass is 240 g/mol. The van der Waals surface area contributed by atoms with Crippen LogP contribution in [0, 0.1) is 11.8 Å². The standard InChI is InChI=1S/C13H20O4/c1-3-4-5-6-9-7-10(14)8-11(15)12(9)13(16)17-2/h8-9,12,15H,3-7H2,1-2H3/t9-,12+/m1/s1. The van der Waals surface area contributed by atoms with Crippen molar-refractivity contribution in [2.45, 2.75) is 39.0 Å². The molecule has 0 saturated heterocycles. The number of methoxy groups -OCH3 is 1. The van der Waals surface area contributed by atoms with Crippen LogP contribution in [0.3, 0.4) is 0 Å². The van der Waals surface area contributed by atoms with Gasteiger partial charge < -0.3 is 9.84 Å². The maximum Gasteiger partial charge on any atom is 0.316 e. The van der Waals surface area contributed by atoms with Gasteiger partial charge in [-0.3, -0.25) is 9.59 Å². The van der Waals surface area contributed by atoms with Gasteiger partial charge in [0.2, 0.25) is 0 Å². The quantitative estimate of drug-likeness (QED) is 0.592. The van der Waals surface area contributed by atoms with Crippen molar-refractivity contribution in [2.24, 2.45) is 11.8 Å². The average Bonchev–Trinajstić information content (AvgIpc) is 2.28. The second-order valence-corrected chi connectivity index (χ2v) is 4.50. The minimum absolute atomic E-state index is 0.107. The van der Waals surface area contributed by atoms with E-state index in [9.17, 15) is 14.7 Å². The predicted octanol–water partition coefficient (Wildman–Crippen LogP) is 2.39. The first-order valence-electron chi connectivity index (χ1n) is 6.11. The lowest BCUT2D eigenvalue weighted by Gasteiger charge is -2.27. The normalized spacial score (nSPS) is 24.4. The van der Waals surface area contributed by atoms with Crippen LogP contribution in [-0.2, 0) is 14.3 Å². The van der Waals surface area contributed by atoms with Crippen LogP contribution in [0.1, 0.15) is 39.0 Å². The molecule has 0 bridgehead atoms. The number of unbranched alkanes of at least 4 members (excludes halogenated alkanes) is 2. The highest BCUT2D eigenvalue weighted by Crippen LogP contribution is 2.32. The zero-order valence-corrected chi connectivity index (χ0v) is 10.4. The molecule has 0 aromatic rings. The zero-order chi connectivity index (χ0) is 12.8. The fourth-order valence-corrected chi connectivity index (χ4v) is 2.30. The van der Waals surface area contributed by atoms with E-state index in [4.69, 9.17) is 0 Å². The van der Waals surface area contributed by atoms with Crippen LogP contribution >= 0.6 is 0 Å². The van der Waals surface area contributed by atoms with Gasteiger partial charge in [-0.05, 0) is 12.3 Å². The van der Waals surface area contributed by atoms with E-state index in [1.54, 1.807) is 0 Å². The molecule has 0 saturated carbocycles. The van der Waals surface area contributed by atoms with E-state index in [0.29, 0.717) is 6.42 Å². The molecule has 1 rings (SSSR count). The molecular weight excluding hydrogens is 220 g/mol. The Bertz CT molecular complexity index is 319. The molecule has 0 aliphatic heterocycles. The summed E-state index contributed by atoms with van der Waals surface area (Å²) >= 11 is 0. The molecule has 1 N–H and O–H groups in total. The number of carbonyl (C=O) groups is 2. The molecule has 4 nitrogen and oxygen atoms in total. The fourth-order valence-electron chi connectivity index (χ4n) is 2.30. The lowest BCUT2D eigenvalue weighted by molar-refractivity contribution is -0.147. The van der Waals surface area contributed by atoms with Crippen molar-refractivity contribution < 1.29 is 19.4 Å². The van der Waals surface area contributed by atoms with Crippen LogP contribution in [0.2, 0.25) is 0 Å². The van der Waals surface area contributed by atoms with Gasteiger partial charge in [0.05, 0.1) is 7.11 Å². The van der Waals surface area contributed by atoms with Gasteiger partial charge in [0.25, 0.3) is 0 Å². The minimum Gasteiger partial charge on any atom is -0.511 e. The van der Waals surface area contributed by atoms with E-state index >= 15 is 0 Å². The number of ketones is 1. The van der Waals surface area contributed by atoms with Crippen molar-refractivity contribution in [3.8, 4) is 0 Å². The maximum atomic E-state index is 11.6. The SMILES string of the molecule is CCCCC[C@@H]1CC(=O)C=C(O)[C@H]1C(=O)OC. The molecule has 0 radical (unpaired) electrons. The van der Waals surface area contributed by atoms with Gasteiger partial charge in [-0.1, -0.05) is 26.2 Å². The highest BCUT2D eigenvalue weighted by atomic mass is 16.5. The number of aliphatic hydroxyl groups excluding tert-OH is 1. The first-order chi connectivity index (χ1) is 8.10. The molecule has 2 atom stereocenters. The fraction of sp³-hybridized carbons (Fsp3) is 0.692. The smallest absolute Gasteiger partial charge is 0.316 e. The molecule has 17 heavy (non-hydrogen) atoms. The Morgan fingerprint density at radius 3 is 2.82 bits per heavy atom. The zero-order valence-electron chi connectivity index (χ0n) is 10.4. The van der Waals surface area contributed by atoms with Gasteiger partial charge in [0.1, 0.15) is 11.7 Å². The van der Waals surface area contributed by atoms with Crippen LogP contribution < -0.4 is 0 Å². The molecule has 1 aliphatic rings. The highest BCUT2D eigenvalue weighted by molar-refractivity contribution is 5.93. The second-order valence-electron chi connectivity index (χ2n) is 4.50. The number of rotatable bonds is 5. The van der Waals surface area contributed by atoms with Crippen molar-refractivity contribution in [2.75, 3.05) is 7.11 Å². The molecular formula is C13H20O4. The largest absolute Gasteiger partial charge is 0.511 e. The summed E-state index contributed by atoms with van der Waals surface area (Å²) in [6.07, 6.45) is 5.38. The Morgan fingerprint density at radius 2 is 2.24 bits per heavy atom. The van der Waals surface area contributed by atoms with Crippen LogP contribution in [0.4, 0.5) is 0 Å². The Hall–Kier alpha value is -1.32. The Balaban J connectivity index is 2.74. The molecule has 0 heterocycles. The number of esters is 1.